The van der Waals surface area contributed by atoms with E-state index in [-0.39, 0.29) is 0 Å². The molecule has 0 amide bonds. The number of hydrogen-bond acceptors (Lipinski definition) is 3. The normalized spacial score (nSPS) is 11.4. The topological polar surface area (TPSA) is 30.2 Å². The van der Waals surface area contributed by atoms with Crippen molar-refractivity contribution in [2.45, 2.75) is 24.7 Å². The van der Waals surface area contributed by atoms with Crippen LogP contribution in [-0.2, 0) is 0 Å². The number of rotatable bonds is 1. The first-order chi connectivity index (χ1) is 6.18. The van der Waals surface area contributed by atoms with E-state index in [0.717, 1.165) is 16.4 Å². The maximum Gasteiger partial charge on any atom is 0.160 e. The second kappa shape index (κ2) is 3.03. The van der Waals surface area contributed by atoms with Gasteiger partial charge in [-0.25, -0.2) is 0 Å². The summed E-state index contributed by atoms with van der Waals surface area (Å²) in [5.74, 6) is 1.36. The maximum absolute atomic E-state index is 4.27. The molecule has 2 aromatic heterocycles. The molecule has 0 aliphatic heterocycles. The molecular weight excluding hydrogens is 182 g/mol. The summed E-state index contributed by atoms with van der Waals surface area (Å²) in [6.07, 6.45) is 1.94. The molecule has 0 saturated carbocycles. The van der Waals surface area contributed by atoms with Gasteiger partial charge in [0.1, 0.15) is 5.82 Å². The highest BCUT2D eigenvalue weighted by Crippen LogP contribution is 2.15. The van der Waals surface area contributed by atoms with Gasteiger partial charge in [-0.2, -0.15) is 0 Å². The first-order valence-corrected chi connectivity index (χ1v) is 4.67. The van der Waals surface area contributed by atoms with E-state index < -0.39 is 0 Å². The van der Waals surface area contributed by atoms with Crippen LogP contribution in [0.25, 0.3) is 5.65 Å². The van der Waals surface area contributed by atoms with Crippen molar-refractivity contribution in [1.29, 1.82) is 0 Å². The van der Waals surface area contributed by atoms with Gasteiger partial charge in [-0.05, 0) is 12.1 Å². The van der Waals surface area contributed by atoms with Gasteiger partial charge in [0, 0.05) is 17.0 Å². The summed E-state index contributed by atoms with van der Waals surface area (Å²) in [4.78, 5) is 0.925. The van der Waals surface area contributed by atoms with Crippen LogP contribution >= 0.6 is 12.6 Å². The van der Waals surface area contributed by atoms with Crippen molar-refractivity contribution in [1.82, 2.24) is 14.6 Å². The molecule has 0 N–H and O–H groups in total. The van der Waals surface area contributed by atoms with Crippen LogP contribution in [-0.4, -0.2) is 14.6 Å². The Morgan fingerprint density at radius 3 is 2.77 bits per heavy atom. The summed E-state index contributed by atoms with van der Waals surface area (Å²) >= 11 is 4.27. The lowest BCUT2D eigenvalue weighted by atomic mass is 10.2. The predicted molar refractivity (Wildman–Crippen MR) is 54.3 cm³/mol. The van der Waals surface area contributed by atoms with E-state index in [1.807, 2.05) is 22.7 Å². The second-order valence-electron chi connectivity index (χ2n) is 3.33. The van der Waals surface area contributed by atoms with Crippen LogP contribution in [0.5, 0.6) is 0 Å². The second-order valence-corrected chi connectivity index (χ2v) is 3.84. The molecule has 3 nitrogen and oxygen atoms in total. The zero-order valence-electron chi connectivity index (χ0n) is 7.60. The van der Waals surface area contributed by atoms with Crippen LogP contribution in [0.2, 0.25) is 0 Å². The van der Waals surface area contributed by atoms with Gasteiger partial charge in [-0.3, -0.25) is 4.40 Å². The van der Waals surface area contributed by atoms with E-state index in [1.165, 1.54) is 0 Å². The number of pyridine rings is 1. The summed E-state index contributed by atoms with van der Waals surface area (Å²) < 4.78 is 1.98. The zero-order valence-corrected chi connectivity index (χ0v) is 8.49. The largest absolute Gasteiger partial charge is 0.285 e. The van der Waals surface area contributed by atoms with E-state index in [2.05, 4.69) is 36.7 Å². The van der Waals surface area contributed by atoms with Gasteiger partial charge in [0.05, 0.1) is 0 Å². The Morgan fingerprint density at radius 2 is 2.08 bits per heavy atom. The van der Waals surface area contributed by atoms with Crippen LogP contribution in [0.4, 0.5) is 0 Å². The fourth-order valence-electron chi connectivity index (χ4n) is 1.29. The minimum Gasteiger partial charge on any atom is -0.285 e. The monoisotopic (exact) mass is 193 g/mol. The van der Waals surface area contributed by atoms with E-state index >= 15 is 0 Å². The fraction of sp³-hybridized carbons (Fsp3) is 0.333. The van der Waals surface area contributed by atoms with Crippen molar-refractivity contribution < 1.29 is 0 Å². The predicted octanol–water partition coefficient (Wildman–Crippen LogP) is 2.14. The van der Waals surface area contributed by atoms with Crippen LogP contribution in [0, 0.1) is 0 Å². The van der Waals surface area contributed by atoms with E-state index in [0.29, 0.717) is 5.92 Å². The Kier molecular flexibility index (Phi) is 2.00. The average molecular weight is 193 g/mol. The lowest BCUT2D eigenvalue weighted by Gasteiger charge is -2.02. The first kappa shape index (κ1) is 8.56. The molecule has 0 radical (unpaired) electrons. The Morgan fingerprint density at radius 1 is 1.31 bits per heavy atom. The third-order valence-corrected chi connectivity index (χ3v) is 2.19. The molecule has 0 bridgehead atoms. The molecule has 13 heavy (non-hydrogen) atoms. The third kappa shape index (κ3) is 1.42. The molecule has 2 rings (SSSR count). The molecule has 0 aliphatic carbocycles. The molecule has 0 spiro atoms. The lowest BCUT2D eigenvalue weighted by Crippen LogP contribution is -1.96. The van der Waals surface area contributed by atoms with E-state index in [1.54, 1.807) is 0 Å². The summed E-state index contributed by atoms with van der Waals surface area (Å²) in [5.41, 5.74) is 0.876. The average Bonchev–Trinajstić information content (AvgIpc) is 2.46. The van der Waals surface area contributed by atoms with Crippen molar-refractivity contribution >= 4 is 18.3 Å². The van der Waals surface area contributed by atoms with Gasteiger partial charge in [0.25, 0.3) is 0 Å². The standard InChI is InChI=1S/C9H11N3S/c1-6(2)9-11-10-8-4-3-7(13)5-12(8)9/h3-6,13H,1-2H3. The molecule has 0 saturated heterocycles. The minimum absolute atomic E-state index is 0.380. The van der Waals surface area contributed by atoms with Crippen LogP contribution in [0.15, 0.2) is 23.2 Å². The Hall–Kier alpha value is -1.03. The van der Waals surface area contributed by atoms with Crippen LogP contribution in [0.1, 0.15) is 25.6 Å². The smallest absolute Gasteiger partial charge is 0.160 e. The zero-order chi connectivity index (χ0) is 9.42. The van der Waals surface area contributed by atoms with E-state index in [4.69, 9.17) is 0 Å². The highest BCUT2D eigenvalue weighted by atomic mass is 32.1. The quantitative estimate of drug-likeness (QED) is 0.703. The van der Waals surface area contributed by atoms with Gasteiger partial charge in [0.2, 0.25) is 0 Å². The third-order valence-electron chi connectivity index (χ3n) is 1.93. The maximum atomic E-state index is 4.27. The molecule has 0 fully saturated rings. The molecule has 4 heteroatoms. The molecule has 0 aromatic carbocycles. The molecule has 2 aromatic rings. The van der Waals surface area contributed by atoms with Crippen LogP contribution in [0.3, 0.4) is 0 Å². The van der Waals surface area contributed by atoms with Crippen molar-refractivity contribution in [2.24, 2.45) is 0 Å². The highest BCUT2D eigenvalue weighted by Gasteiger charge is 2.08. The summed E-state index contributed by atoms with van der Waals surface area (Å²) in [6, 6.07) is 3.83. The number of aromatic nitrogens is 3. The summed E-state index contributed by atoms with van der Waals surface area (Å²) in [5, 5.41) is 8.17. The SMILES string of the molecule is CC(C)c1nnc2ccc(S)cn12. The lowest BCUT2D eigenvalue weighted by molar-refractivity contribution is 0.757. The van der Waals surface area contributed by atoms with Gasteiger partial charge in [-0.15, -0.1) is 22.8 Å². The Balaban J connectivity index is 2.71. The van der Waals surface area contributed by atoms with Crippen LogP contribution < -0.4 is 0 Å². The van der Waals surface area contributed by atoms with Gasteiger partial charge in [-0.1, -0.05) is 13.8 Å². The molecule has 0 aliphatic rings. The molecule has 0 unspecified atom stereocenters. The summed E-state index contributed by atoms with van der Waals surface area (Å²) in [6.45, 7) is 4.20. The summed E-state index contributed by atoms with van der Waals surface area (Å²) in [7, 11) is 0. The molecular formula is C9H11N3S. The highest BCUT2D eigenvalue weighted by molar-refractivity contribution is 7.80. The first-order valence-electron chi connectivity index (χ1n) is 4.22. The van der Waals surface area contributed by atoms with Crippen molar-refractivity contribution in [3.05, 3.63) is 24.2 Å². The number of hydrogen-bond donors (Lipinski definition) is 1. The fourth-order valence-corrected chi connectivity index (χ4v) is 1.48. The van der Waals surface area contributed by atoms with Crippen molar-refractivity contribution in [2.75, 3.05) is 0 Å². The number of nitrogens with zero attached hydrogens (tertiary/aromatic N) is 3. The number of thiol groups is 1. The van der Waals surface area contributed by atoms with Gasteiger partial charge >= 0.3 is 0 Å². The van der Waals surface area contributed by atoms with Crippen molar-refractivity contribution in [3.63, 3.8) is 0 Å². The molecule has 0 atom stereocenters. The Bertz CT molecular complexity index is 433. The molecule has 2 heterocycles. The Labute approximate surface area is 82.2 Å². The minimum atomic E-state index is 0.380. The molecule has 68 valence electrons. The number of fused-ring (bicyclic) bond motifs is 1. The van der Waals surface area contributed by atoms with Gasteiger partial charge < -0.3 is 0 Å². The van der Waals surface area contributed by atoms with E-state index in [9.17, 15) is 0 Å². The van der Waals surface area contributed by atoms with Crippen molar-refractivity contribution in [3.8, 4) is 0 Å². The van der Waals surface area contributed by atoms with Gasteiger partial charge in [0.15, 0.2) is 5.65 Å².